The maximum atomic E-state index is 12.9. The molecule has 0 aliphatic carbocycles. The first kappa shape index (κ1) is 16.2. The fourth-order valence-electron chi connectivity index (χ4n) is 2.17. The summed E-state index contributed by atoms with van der Waals surface area (Å²) in [5.74, 6) is 0.0618. The van der Waals surface area contributed by atoms with Gasteiger partial charge in [0.1, 0.15) is 18.2 Å². The zero-order chi connectivity index (χ0) is 16.9. The third-order valence-corrected chi connectivity index (χ3v) is 4.26. The van der Waals surface area contributed by atoms with Crippen LogP contribution in [0.25, 0.3) is 0 Å². The molecule has 24 heavy (non-hydrogen) atoms. The highest BCUT2D eigenvalue weighted by Gasteiger charge is 2.08. The molecule has 3 rings (SSSR count). The average Bonchev–Trinajstić information content (AvgIpc) is 3.09. The standard InChI is InChI=1S/C19H16FNO2S/c1-13-2-7-17(10-18(13)23-11-14-8-9-24-12-14)21-19(22)15-3-5-16(20)6-4-15/h2-10,12H,11H2,1H3,(H,21,22). The molecule has 0 aliphatic heterocycles. The lowest BCUT2D eigenvalue weighted by molar-refractivity contribution is 0.102. The van der Waals surface area contributed by atoms with Crippen LogP contribution in [0.1, 0.15) is 21.5 Å². The number of thiophene rings is 1. The molecule has 1 heterocycles. The summed E-state index contributed by atoms with van der Waals surface area (Å²) < 4.78 is 18.8. The van der Waals surface area contributed by atoms with Crippen molar-refractivity contribution in [1.29, 1.82) is 0 Å². The molecular formula is C19H16FNO2S. The van der Waals surface area contributed by atoms with E-state index in [-0.39, 0.29) is 11.7 Å². The molecule has 5 heteroatoms. The zero-order valence-corrected chi connectivity index (χ0v) is 13.9. The Morgan fingerprint density at radius 1 is 1.17 bits per heavy atom. The molecular weight excluding hydrogens is 325 g/mol. The predicted molar refractivity (Wildman–Crippen MR) is 94.2 cm³/mol. The van der Waals surface area contributed by atoms with Crippen LogP contribution in [0.3, 0.4) is 0 Å². The van der Waals surface area contributed by atoms with Gasteiger partial charge < -0.3 is 10.1 Å². The summed E-state index contributed by atoms with van der Waals surface area (Å²) in [5.41, 5.74) is 3.14. The van der Waals surface area contributed by atoms with Gasteiger partial charge in [-0.15, -0.1) is 0 Å². The number of anilines is 1. The van der Waals surface area contributed by atoms with E-state index >= 15 is 0 Å². The van der Waals surface area contributed by atoms with Crippen LogP contribution in [-0.4, -0.2) is 5.91 Å². The number of ether oxygens (including phenoxy) is 1. The molecule has 3 nitrogen and oxygen atoms in total. The highest BCUT2D eigenvalue weighted by molar-refractivity contribution is 7.07. The number of benzene rings is 2. The van der Waals surface area contributed by atoms with Crippen molar-refractivity contribution < 1.29 is 13.9 Å². The van der Waals surface area contributed by atoms with Gasteiger partial charge >= 0.3 is 0 Å². The van der Waals surface area contributed by atoms with Crippen molar-refractivity contribution in [3.8, 4) is 5.75 Å². The van der Waals surface area contributed by atoms with E-state index in [1.54, 1.807) is 17.4 Å². The Hall–Kier alpha value is -2.66. The SMILES string of the molecule is Cc1ccc(NC(=O)c2ccc(F)cc2)cc1OCc1ccsc1. The van der Waals surface area contributed by atoms with Gasteiger partial charge in [0.15, 0.2) is 0 Å². The van der Waals surface area contributed by atoms with E-state index in [0.717, 1.165) is 16.9 Å². The van der Waals surface area contributed by atoms with Crippen LogP contribution in [0.5, 0.6) is 5.75 Å². The lowest BCUT2D eigenvalue weighted by Gasteiger charge is -2.11. The Morgan fingerprint density at radius 3 is 2.67 bits per heavy atom. The fourth-order valence-corrected chi connectivity index (χ4v) is 2.83. The molecule has 1 aromatic heterocycles. The predicted octanol–water partition coefficient (Wildman–Crippen LogP) is 5.03. The number of rotatable bonds is 5. The van der Waals surface area contributed by atoms with Crippen LogP contribution < -0.4 is 10.1 Å². The van der Waals surface area contributed by atoms with Crippen molar-refractivity contribution in [2.45, 2.75) is 13.5 Å². The molecule has 1 amide bonds. The van der Waals surface area contributed by atoms with Gasteiger partial charge in [0.2, 0.25) is 0 Å². The summed E-state index contributed by atoms with van der Waals surface area (Å²) in [6, 6.07) is 12.9. The molecule has 0 radical (unpaired) electrons. The van der Waals surface area contributed by atoms with Crippen LogP contribution >= 0.6 is 11.3 Å². The summed E-state index contributed by atoms with van der Waals surface area (Å²) in [6.45, 7) is 2.44. The Morgan fingerprint density at radius 2 is 1.96 bits per heavy atom. The van der Waals surface area contributed by atoms with E-state index in [0.29, 0.717) is 17.9 Å². The number of aryl methyl sites for hydroxylation is 1. The monoisotopic (exact) mass is 341 g/mol. The van der Waals surface area contributed by atoms with Gasteiger partial charge in [0, 0.05) is 17.3 Å². The molecule has 0 bridgehead atoms. The highest BCUT2D eigenvalue weighted by atomic mass is 32.1. The lowest BCUT2D eigenvalue weighted by Crippen LogP contribution is -2.12. The number of hydrogen-bond donors (Lipinski definition) is 1. The summed E-state index contributed by atoms with van der Waals surface area (Å²) >= 11 is 1.63. The third kappa shape index (κ3) is 4.00. The third-order valence-electron chi connectivity index (χ3n) is 3.53. The molecule has 0 saturated carbocycles. The fraction of sp³-hybridized carbons (Fsp3) is 0.105. The molecule has 2 aromatic carbocycles. The second-order valence-corrected chi connectivity index (χ2v) is 6.14. The van der Waals surface area contributed by atoms with Crippen molar-refractivity contribution in [2.75, 3.05) is 5.32 Å². The number of hydrogen-bond acceptors (Lipinski definition) is 3. The minimum atomic E-state index is -0.369. The Labute approximate surface area is 143 Å². The van der Waals surface area contributed by atoms with Crippen molar-refractivity contribution in [2.24, 2.45) is 0 Å². The van der Waals surface area contributed by atoms with Crippen molar-refractivity contribution >= 4 is 22.9 Å². The summed E-state index contributed by atoms with van der Waals surface area (Å²) in [6.07, 6.45) is 0. The first-order valence-corrected chi connectivity index (χ1v) is 8.37. The molecule has 0 aliphatic rings. The van der Waals surface area contributed by atoms with Crippen LogP contribution in [-0.2, 0) is 6.61 Å². The molecule has 1 N–H and O–H groups in total. The van der Waals surface area contributed by atoms with Crippen molar-refractivity contribution in [3.05, 3.63) is 81.8 Å². The number of amides is 1. The molecule has 3 aromatic rings. The van der Waals surface area contributed by atoms with Gasteiger partial charge in [-0.25, -0.2) is 4.39 Å². The van der Waals surface area contributed by atoms with Gasteiger partial charge in [-0.05, 0) is 65.2 Å². The van der Waals surface area contributed by atoms with E-state index < -0.39 is 0 Å². The van der Waals surface area contributed by atoms with Crippen molar-refractivity contribution in [3.63, 3.8) is 0 Å². The number of carbonyl (C=O) groups is 1. The second kappa shape index (κ2) is 7.27. The number of halogens is 1. The minimum absolute atomic E-state index is 0.289. The van der Waals surface area contributed by atoms with E-state index in [1.807, 2.05) is 35.9 Å². The molecule has 0 unspecified atom stereocenters. The van der Waals surface area contributed by atoms with E-state index in [1.165, 1.54) is 24.3 Å². The summed E-state index contributed by atoms with van der Waals surface area (Å²) in [7, 11) is 0. The molecule has 0 spiro atoms. The maximum absolute atomic E-state index is 12.9. The zero-order valence-electron chi connectivity index (χ0n) is 13.1. The van der Waals surface area contributed by atoms with Crippen LogP contribution in [0.2, 0.25) is 0 Å². The van der Waals surface area contributed by atoms with Crippen LogP contribution in [0, 0.1) is 12.7 Å². The Bertz CT molecular complexity index is 829. The molecule has 0 atom stereocenters. The Kier molecular flexibility index (Phi) is 4.91. The highest BCUT2D eigenvalue weighted by Crippen LogP contribution is 2.24. The molecule has 0 saturated heterocycles. The molecule has 122 valence electrons. The van der Waals surface area contributed by atoms with Gasteiger partial charge in [-0.2, -0.15) is 11.3 Å². The summed E-state index contributed by atoms with van der Waals surface area (Å²) in [4.78, 5) is 12.2. The maximum Gasteiger partial charge on any atom is 0.255 e. The first-order valence-electron chi connectivity index (χ1n) is 7.43. The van der Waals surface area contributed by atoms with Gasteiger partial charge in [-0.1, -0.05) is 6.07 Å². The number of carbonyl (C=O) groups excluding carboxylic acids is 1. The smallest absolute Gasteiger partial charge is 0.255 e. The van der Waals surface area contributed by atoms with E-state index in [4.69, 9.17) is 4.74 Å². The van der Waals surface area contributed by atoms with E-state index in [9.17, 15) is 9.18 Å². The Balaban J connectivity index is 1.70. The van der Waals surface area contributed by atoms with Gasteiger partial charge in [0.25, 0.3) is 5.91 Å². The normalized spacial score (nSPS) is 10.4. The van der Waals surface area contributed by atoms with E-state index in [2.05, 4.69) is 5.32 Å². The average molecular weight is 341 g/mol. The van der Waals surface area contributed by atoms with Crippen LogP contribution in [0.15, 0.2) is 59.3 Å². The molecule has 0 fully saturated rings. The summed E-state index contributed by atoms with van der Waals surface area (Å²) in [5, 5.41) is 6.84. The quantitative estimate of drug-likeness (QED) is 0.707. The second-order valence-electron chi connectivity index (χ2n) is 5.36. The first-order chi connectivity index (χ1) is 11.6. The van der Waals surface area contributed by atoms with Gasteiger partial charge in [0.05, 0.1) is 0 Å². The van der Waals surface area contributed by atoms with Gasteiger partial charge in [-0.3, -0.25) is 4.79 Å². The lowest BCUT2D eigenvalue weighted by atomic mass is 10.1. The van der Waals surface area contributed by atoms with Crippen LogP contribution in [0.4, 0.5) is 10.1 Å². The van der Waals surface area contributed by atoms with Crippen molar-refractivity contribution in [1.82, 2.24) is 0 Å². The topological polar surface area (TPSA) is 38.3 Å². The minimum Gasteiger partial charge on any atom is -0.489 e. The largest absolute Gasteiger partial charge is 0.489 e. The number of nitrogens with one attached hydrogen (secondary N) is 1.